The molecule has 2 heterocycles. The smallest absolute Gasteiger partial charge is 0.264 e. The Labute approximate surface area is 248 Å². The normalized spacial score (nSPS) is 30.4. The molecule has 0 unspecified atom stereocenters. The Hall–Kier alpha value is -2.55. The van der Waals surface area contributed by atoms with Crippen molar-refractivity contribution in [2.45, 2.75) is 62.9 Å². The molecule has 2 bridgehead atoms. The van der Waals surface area contributed by atoms with Crippen LogP contribution in [-0.2, 0) is 26.6 Å². The molecule has 4 atom stereocenters. The monoisotopic (exact) mass is 598 g/mol. The number of fused-ring (bicyclic) bond motifs is 4. The number of allylic oxidation sites excluding steroid dienone is 1. The average Bonchev–Trinajstić information content (AvgIpc) is 3.08. The lowest BCUT2D eigenvalue weighted by atomic mass is 9.68. The topological polar surface area (TPSA) is 84.9 Å². The fourth-order valence-electron chi connectivity index (χ4n) is 7.22. The first kappa shape index (κ1) is 28.6. The zero-order valence-electron chi connectivity index (χ0n) is 23.6. The lowest BCUT2D eigenvalue weighted by molar-refractivity contribution is 0.0132. The molecule has 4 aliphatic rings. The second kappa shape index (κ2) is 11.6. The van der Waals surface area contributed by atoms with E-state index in [0.717, 1.165) is 74.5 Å². The first-order valence-electron chi connectivity index (χ1n) is 14.8. The zero-order chi connectivity index (χ0) is 28.6. The molecule has 1 fully saturated rings. The fourth-order valence-corrected chi connectivity index (χ4v) is 8.51. The summed E-state index contributed by atoms with van der Waals surface area (Å²) < 4.78 is 40.2. The molecule has 2 aromatic rings. The molecular weight excluding hydrogens is 560 g/mol. The number of hydrogen-bond acceptors (Lipinski definition) is 6. The van der Waals surface area contributed by atoms with Crippen LogP contribution in [0.25, 0.3) is 0 Å². The summed E-state index contributed by atoms with van der Waals surface area (Å²) in [4.78, 5) is 15.6. The van der Waals surface area contributed by atoms with Gasteiger partial charge in [-0.1, -0.05) is 29.8 Å². The van der Waals surface area contributed by atoms with Crippen LogP contribution in [0.3, 0.4) is 0 Å². The van der Waals surface area contributed by atoms with Crippen LogP contribution >= 0.6 is 11.6 Å². The molecule has 7 nitrogen and oxygen atoms in total. The standard InChI is InChI=1S/C32H39ClN2O5S/c1-39-29-8-4-2-3-5-16-41(37,38)34-31(36)23-10-14-30-28(18-23)35(19-24-9-12-26(24)29)20-32(21-40-30)15-6-7-22-17-25(33)11-13-27(22)32/h4,8,10-11,13-14,17-18,24,26,29H,2-3,5-7,9,12,15-16,19-21H2,1H3,(H,34,36)/b8-4-/t24-,26+,29+,32-/m0/s1. The van der Waals surface area contributed by atoms with Crippen LogP contribution in [0.4, 0.5) is 5.69 Å². The molecule has 2 aromatic carbocycles. The third-order valence-electron chi connectivity index (χ3n) is 9.53. The van der Waals surface area contributed by atoms with Crippen molar-refractivity contribution in [3.8, 4) is 5.75 Å². The molecule has 220 valence electrons. The van der Waals surface area contributed by atoms with Gasteiger partial charge in [0.25, 0.3) is 5.91 Å². The zero-order valence-corrected chi connectivity index (χ0v) is 25.2. The van der Waals surface area contributed by atoms with Crippen molar-refractivity contribution in [3.63, 3.8) is 0 Å². The summed E-state index contributed by atoms with van der Waals surface area (Å²) >= 11 is 6.40. The molecule has 1 saturated carbocycles. The van der Waals surface area contributed by atoms with Crippen molar-refractivity contribution in [1.29, 1.82) is 0 Å². The summed E-state index contributed by atoms with van der Waals surface area (Å²) in [5.74, 6) is 0.861. The number of ether oxygens (including phenoxy) is 2. The molecule has 1 spiro atoms. The number of amides is 1. The number of aryl methyl sites for hydroxylation is 1. The van der Waals surface area contributed by atoms with Gasteiger partial charge in [-0.3, -0.25) is 4.79 Å². The van der Waals surface area contributed by atoms with Gasteiger partial charge >= 0.3 is 0 Å². The van der Waals surface area contributed by atoms with Crippen molar-refractivity contribution in [3.05, 3.63) is 70.3 Å². The molecule has 6 rings (SSSR count). The molecule has 9 heteroatoms. The minimum absolute atomic E-state index is 0.0250. The summed E-state index contributed by atoms with van der Waals surface area (Å²) in [6.07, 6.45) is 11.6. The summed E-state index contributed by atoms with van der Waals surface area (Å²) in [6.45, 7) is 2.08. The predicted molar refractivity (Wildman–Crippen MR) is 161 cm³/mol. The Balaban J connectivity index is 1.41. The number of hydrogen-bond donors (Lipinski definition) is 1. The van der Waals surface area contributed by atoms with Crippen molar-refractivity contribution < 1.29 is 22.7 Å². The maximum atomic E-state index is 13.2. The second-order valence-electron chi connectivity index (χ2n) is 12.2. The van der Waals surface area contributed by atoms with Crippen LogP contribution in [-0.4, -0.2) is 53.0 Å². The predicted octanol–water partition coefficient (Wildman–Crippen LogP) is 5.65. The van der Waals surface area contributed by atoms with E-state index in [2.05, 4.69) is 33.9 Å². The van der Waals surface area contributed by atoms with Gasteiger partial charge in [0.2, 0.25) is 10.0 Å². The largest absolute Gasteiger partial charge is 0.490 e. The molecule has 2 aliphatic carbocycles. The van der Waals surface area contributed by atoms with Crippen LogP contribution in [0.1, 0.15) is 66.4 Å². The summed E-state index contributed by atoms with van der Waals surface area (Å²) in [6, 6.07) is 11.5. The minimum Gasteiger partial charge on any atom is -0.490 e. The molecule has 2 aliphatic heterocycles. The van der Waals surface area contributed by atoms with Gasteiger partial charge in [0.15, 0.2) is 0 Å². The van der Waals surface area contributed by atoms with Gasteiger partial charge in [0.1, 0.15) is 5.75 Å². The van der Waals surface area contributed by atoms with Crippen LogP contribution in [0.5, 0.6) is 5.75 Å². The number of carbonyl (C=O) groups excluding carboxylic acids is 1. The second-order valence-corrected chi connectivity index (χ2v) is 14.4. The van der Waals surface area contributed by atoms with Crippen LogP contribution in [0.15, 0.2) is 48.6 Å². The Kier molecular flexibility index (Phi) is 8.09. The Bertz CT molecular complexity index is 1440. The Morgan fingerprint density at radius 2 is 2.00 bits per heavy atom. The van der Waals surface area contributed by atoms with E-state index in [9.17, 15) is 13.2 Å². The molecule has 41 heavy (non-hydrogen) atoms. The van der Waals surface area contributed by atoms with E-state index in [-0.39, 0.29) is 17.3 Å². The molecular formula is C32H39ClN2O5S. The van der Waals surface area contributed by atoms with E-state index >= 15 is 0 Å². The summed E-state index contributed by atoms with van der Waals surface area (Å²) in [7, 11) is -1.97. The van der Waals surface area contributed by atoms with Crippen LogP contribution in [0.2, 0.25) is 5.02 Å². The number of carbonyl (C=O) groups is 1. The number of nitrogens with zero attached hydrogens (tertiary/aromatic N) is 1. The lowest BCUT2D eigenvalue weighted by Gasteiger charge is -2.46. The number of nitrogens with one attached hydrogen (secondary N) is 1. The number of methoxy groups -OCH3 is 1. The highest BCUT2D eigenvalue weighted by molar-refractivity contribution is 7.90. The molecule has 0 radical (unpaired) electrons. The van der Waals surface area contributed by atoms with Gasteiger partial charge in [0, 0.05) is 36.2 Å². The maximum absolute atomic E-state index is 13.2. The fraction of sp³-hybridized carbons (Fsp3) is 0.531. The van der Waals surface area contributed by atoms with Gasteiger partial charge in [-0.15, -0.1) is 0 Å². The summed E-state index contributed by atoms with van der Waals surface area (Å²) in [5.41, 5.74) is 3.50. The first-order valence-corrected chi connectivity index (χ1v) is 16.8. The van der Waals surface area contributed by atoms with Crippen LogP contribution in [0, 0.1) is 11.8 Å². The highest BCUT2D eigenvalue weighted by Gasteiger charge is 2.44. The molecule has 1 N–H and O–H groups in total. The van der Waals surface area contributed by atoms with Gasteiger partial charge in [-0.05, 0) is 105 Å². The maximum Gasteiger partial charge on any atom is 0.264 e. The van der Waals surface area contributed by atoms with E-state index in [1.54, 1.807) is 13.2 Å². The van der Waals surface area contributed by atoms with Gasteiger partial charge < -0.3 is 14.4 Å². The highest BCUT2D eigenvalue weighted by atomic mass is 35.5. The van der Waals surface area contributed by atoms with Gasteiger partial charge in [0.05, 0.1) is 24.2 Å². The quantitative estimate of drug-likeness (QED) is 0.427. The lowest BCUT2D eigenvalue weighted by Crippen LogP contribution is -2.49. The van der Waals surface area contributed by atoms with Crippen molar-refractivity contribution >= 4 is 33.2 Å². The third kappa shape index (κ3) is 5.88. The van der Waals surface area contributed by atoms with Crippen molar-refractivity contribution in [2.24, 2.45) is 11.8 Å². The van der Waals surface area contributed by atoms with Crippen molar-refractivity contribution in [1.82, 2.24) is 4.72 Å². The summed E-state index contributed by atoms with van der Waals surface area (Å²) in [5, 5.41) is 0.751. The highest BCUT2D eigenvalue weighted by Crippen LogP contribution is 2.47. The SMILES string of the molecule is CO[C@@H]1/C=C\CCCCS(=O)(=O)NC(=O)c2ccc3c(c2)N(C[C@@H]2CC[C@H]21)C[C@@]1(CCCc2cc(Cl)ccc21)CO3. The molecule has 0 aromatic heterocycles. The molecule has 0 saturated heterocycles. The minimum atomic E-state index is -3.74. The third-order valence-corrected chi connectivity index (χ3v) is 11.1. The Morgan fingerprint density at radius 3 is 2.80 bits per heavy atom. The number of halogens is 1. The average molecular weight is 599 g/mol. The number of anilines is 1. The number of benzene rings is 2. The number of sulfonamides is 1. The van der Waals surface area contributed by atoms with E-state index in [1.165, 1.54) is 11.1 Å². The van der Waals surface area contributed by atoms with Crippen LogP contribution < -0.4 is 14.4 Å². The van der Waals surface area contributed by atoms with Crippen molar-refractivity contribution in [2.75, 3.05) is 37.5 Å². The number of rotatable bonds is 1. The van der Waals surface area contributed by atoms with Gasteiger partial charge in [-0.25, -0.2) is 13.1 Å². The van der Waals surface area contributed by atoms with E-state index < -0.39 is 15.9 Å². The van der Waals surface area contributed by atoms with E-state index in [4.69, 9.17) is 21.1 Å². The van der Waals surface area contributed by atoms with Gasteiger partial charge in [-0.2, -0.15) is 0 Å². The van der Waals surface area contributed by atoms with E-state index in [1.807, 2.05) is 18.2 Å². The first-order chi connectivity index (χ1) is 19.8. The Morgan fingerprint density at radius 1 is 1.12 bits per heavy atom. The molecule has 1 amide bonds. The van der Waals surface area contributed by atoms with E-state index in [0.29, 0.717) is 30.4 Å².